The van der Waals surface area contributed by atoms with Crippen molar-refractivity contribution in [3.05, 3.63) is 47.1 Å². The van der Waals surface area contributed by atoms with Gasteiger partial charge in [-0.2, -0.15) is 0 Å². The summed E-state index contributed by atoms with van der Waals surface area (Å²) >= 11 is 0. The van der Waals surface area contributed by atoms with E-state index in [1.165, 1.54) is 5.57 Å². The Kier molecular flexibility index (Phi) is 9.56. The Balaban J connectivity index is 2.77. The van der Waals surface area contributed by atoms with Crippen molar-refractivity contribution < 1.29 is 19.1 Å². The van der Waals surface area contributed by atoms with E-state index >= 15 is 0 Å². The molecule has 2 rings (SSSR count). The molecule has 4 nitrogen and oxygen atoms in total. The molecule has 4 heteroatoms. The third-order valence-electron chi connectivity index (χ3n) is 6.58. The number of allylic oxidation sites excluding steroid dienone is 3. The molecule has 0 amide bonds. The van der Waals surface area contributed by atoms with Crippen molar-refractivity contribution >= 4 is 11.9 Å². The van der Waals surface area contributed by atoms with Crippen molar-refractivity contribution in [3.8, 4) is 11.5 Å². The maximum Gasteiger partial charge on any atom is 0.316 e. The first-order chi connectivity index (χ1) is 16.1. The van der Waals surface area contributed by atoms with Gasteiger partial charge in [-0.1, -0.05) is 43.6 Å². The first kappa shape index (κ1) is 28.9. The van der Waals surface area contributed by atoms with E-state index in [-0.39, 0.29) is 23.8 Å². The second-order valence-corrected chi connectivity index (χ2v) is 12.3. The van der Waals surface area contributed by atoms with Gasteiger partial charge in [0.15, 0.2) is 0 Å². The molecule has 0 unspecified atom stereocenters. The van der Waals surface area contributed by atoms with Gasteiger partial charge in [0, 0.05) is 11.5 Å². The summed E-state index contributed by atoms with van der Waals surface area (Å²) in [6.07, 6.45) is 8.26. The molecule has 1 aliphatic rings. The number of aryl methyl sites for hydroxylation is 1. The van der Waals surface area contributed by atoms with Crippen LogP contribution in [0.4, 0.5) is 0 Å². The lowest BCUT2D eigenvalue weighted by molar-refractivity contribution is -0.143. The number of rotatable bonds is 8. The molecule has 1 aromatic carbocycles. The Labute approximate surface area is 213 Å². The van der Waals surface area contributed by atoms with Gasteiger partial charge in [0.1, 0.15) is 11.5 Å². The second kappa shape index (κ2) is 11.6. The number of carbonyl (C=O) groups excluding carboxylic acids is 2. The van der Waals surface area contributed by atoms with Crippen LogP contribution in [0.5, 0.6) is 11.5 Å². The second-order valence-electron chi connectivity index (χ2n) is 12.3. The molecule has 0 saturated heterocycles. The van der Waals surface area contributed by atoms with E-state index in [0.717, 1.165) is 55.2 Å². The topological polar surface area (TPSA) is 52.6 Å². The zero-order valence-electron chi connectivity index (χ0n) is 23.5. The number of benzene rings is 1. The zero-order chi connectivity index (χ0) is 26.6. The minimum atomic E-state index is -0.663. The molecule has 0 saturated carbocycles. The van der Waals surface area contributed by atoms with Crippen LogP contribution in [0.2, 0.25) is 0 Å². The number of ether oxygens (including phenoxy) is 2. The minimum absolute atomic E-state index is 0.0866. The molecule has 194 valence electrons. The van der Waals surface area contributed by atoms with Crippen molar-refractivity contribution in [2.24, 2.45) is 16.7 Å². The summed E-state index contributed by atoms with van der Waals surface area (Å²) in [5.41, 5.74) is 2.81. The monoisotopic (exact) mass is 482 g/mol. The smallest absolute Gasteiger partial charge is 0.316 e. The average Bonchev–Trinajstić information content (AvgIpc) is 2.72. The third-order valence-corrected chi connectivity index (χ3v) is 6.58. The van der Waals surface area contributed by atoms with Crippen LogP contribution in [0.3, 0.4) is 0 Å². The van der Waals surface area contributed by atoms with Gasteiger partial charge in [0.05, 0.1) is 10.8 Å². The minimum Gasteiger partial charge on any atom is -0.426 e. The lowest BCUT2D eigenvalue weighted by Gasteiger charge is -2.33. The number of hydrogen-bond donors (Lipinski definition) is 0. The van der Waals surface area contributed by atoms with Gasteiger partial charge in [0.25, 0.3) is 0 Å². The summed E-state index contributed by atoms with van der Waals surface area (Å²) < 4.78 is 12.2. The average molecular weight is 483 g/mol. The predicted octanol–water partition coefficient (Wildman–Crippen LogP) is 8.34. The standard InChI is InChI=1S/C31H46O4/c1-11-12-13-14-22-18-25(34-28(32)30(5,6)7)27(26(19-22)35-29(33)31(8,9)10)24-17-21(4)15-16-23(24)20(2)3/h17-19,23-24H,2,11-16H2,1,3-10H3/t23-,24+/m0/s1. The number of hydrogen-bond acceptors (Lipinski definition) is 4. The van der Waals surface area contributed by atoms with Crippen molar-refractivity contribution in [2.75, 3.05) is 0 Å². The van der Waals surface area contributed by atoms with Gasteiger partial charge in [-0.25, -0.2) is 0 Å². The molecule has 1 aliphatic carbocycles. The van der Waals surface area contributed by atoms with Crippen molar-refractivity contribution in [1.82, 2.24) is 0 Å². The van der Waals surface area contributed by atoms with Crippen LogP contribution >= 0.6 is 0 Å². The molecule has 0 radical (unpaired) electrons. The van der Waals surface area contributed by atoms with E-state index in [1.54, 1.807) is 0 Å². The highest BCUT2D eigenvalue weighted by Crippen LogP contribution is 2.48. The van der Waals surface area contributed by atoms with E-state index in [0.29, 0.717) is 11.5 Å². The highest BCUT2D eigenvalue weighted by molar-refractivity contribution is 5.80. The van der Waals surface area contributed by atoms with E-state index in [1.807, 2.05) is 60.6 Å². The maximum atomic E-state index is 13.1. The van der Waals surface area contributed by atoms with Crippen LogP contribution in [0.25, 0.3) is 0 Å². The molecule has 0 N–H and O–H groups in total. The van der Waals surface area contributed by atoms with Crippen molar-refractivity contribution in [1.29, 1.82) is 0 Å². The quantitative estimate of drug-likeness (QED) is 0.162. The van der Waals surface area contributed by atoms with Gasteiger partial charge < -0.3 is 9.47 Å². The van der Waals surface area contributed by atoms with Crippen LogP contribution in [-0.4, -0.2) is 11.9 Å². The SMILES string of the molecule is C=C(C)[C@@H]1CCC(C)=C[C@H]1c1c(OC(=O)C(C)(C)C)cc(CCCCC)cc1OC(=O)C(C)(C)C. The predicted molar refractivity (Wildman–Crippen MR) is 144 cm³/mol. The van der Waals surface area contributed by atoms with E-state index in [2.05, 4.69) is 26.5 Å². The van der Waals surface area contributed by atoms with Gasteiger partial charge in [-0.15, -0.1) is 0 Å². The summed E-state index contributed by atoms with van der Waals surface area (Å²) in [6, 6.07) is 3.96. The molecule has 0 bridgehead atoms. The number of carbonyl (C=O) groups is 2. The lowest BCUT2D eigenvalue weighted by atomic mass is 9.73. The van der Waals surface area contributed by atoms with Gasteiger partial charge in [0.2, 0.25) is 0 Å². The molecule has 0 fully saturated rings. The van der Waals surface area contributed by atoms with Crippen LogP contribution in [0, 0.1) is 16.7 Å². The molecule has 0 heterocycles. The Hall–Kier alpha value is -2.36. The van der Waals surface area contributed by atoms with Crippen LogP contribution < -0.4 is 9.47 Å². The van der Waals surface area contributed by atoms with Gasteiger partial charge in [-0.05, 0) is 105 Å². The molecular weight excluding hydrogens is 436 g/mol. The van der Waals surface area contributed by atoms with Gasteiger partial charge >= 0.3 is 11.9 Å². The molecule has 1 aromatic rings. The molecular formula is C31H46O4. The Morgan fingerprint density at radius 1 is 0.971 bits per heavy atom. The molecule has 35 heavy (non-hydrogen) atoms. The van der Waals surface area contributed by atoms with Crippen molar-refractivity contribution in [2.45, 2.75) is 107 Å². The molecule has 2 atom stereocenters. The molecule has 0 aliphatic heterocycles. The first-order valence-electron chi connectivity index (χ1n) is 13.1. The van der Waals surface area contributed by atoms with Crippen LogP contribution in [-0.2, 0) is 16.0 Å². The Morgan fingerprint density at radius 2 is 1.49 bits per heavy atom. The fourth-order valence-electron chi connectivity index (χ4n) is 4.29. The Bertz CT molecular complexity index is 920. The summed E-state index contributed by atoms with van der Waals surface area (Å²) in [6.45, 7) is 21.7. The highest BCUT2D eigenvalue weighted by atomic mass is 16.5. The van der Waals surface area contributed by atoms with E-state index in [4.69, 9.17) is 9.47 Å². The summed E-state index contributed by atoms with van der Waals surface area (Å²) in [4.78, 5) is 26.1. The summed E-state index contributed by atoms with van der Waals surface area (Å²) in [5.74, 6) is 0.470. The van der Waals surface area contributed by atoms with E-state index < -0.39 is 10.8 Å². The van der Waals surface area contributed by atoms with Gasteiger partial charge in [-0.3, -0.25) is 9.59 Å². The number of esters is 2. The normalized spacial score (nSPS) is 18.6. The Morgan fingerprint density at radius 3 is 1.91 bits per heavy atom. The molecule has 0 aromatic heterocycles. The van der Waals surface area contributed by atoms with E-state index in [9.17, 15) is 9.59 Å². The molecule has 0 spiro atoms. The summed E-state index contributed by atoms with van der Waals surface area (Å²) in [7, 11) is 0. The largest absolute Gasteiger partial charge is 0.426 e. The fourth-order valence-corrected chi connectivity index (χ4v) is 4.29. The third kappa shape index (κ3) is 7.81. The fraction of sp³-hybridized carbons (Fsp3) is 0.613. The zero-order valence-corrected chi connectivity index (χ0v) is 23.5. The van der Waals surface area contributed by atoms with Crippen LogP contribution in [0.1, 0.15) is 111 Å². The van der Waals surface area contributed by atoms with Crippen molar-refractivity contribution in [3.63, 3.8) is 0 Å². The first-order valence-corrected chi connectivity index (χ1v) is 13.1. The maximum absolute atomic E-state index is 13.1. The lowest BCUT2D eigenvalue weighted by Crippen LogP contribution is -2.29. The number of unbranched alkanes of at least 4 members (excludes halogenated alkanes) is 2. The highest BCUT2D eigenvalue weighted by Gasteiger charge is 2.35. The summed E-state index contributed by atoms with van der Waals surface area (Å²) in [5, 5.41) is 0. The van der Waals surface area contributed by atoms with Crippen LogP contribution in [0.15, 0.2) is 35.9 Å².